The summed E-state index contributed by atoms with van der Waals surface area (Å²) in [5.41, 5.74) is 1.04. The van der Waals surface area contributed by atoms with Crippen LogP contribution in [0.25, 0.3) is 0 Å². The van der Waals surface area contributed by atoms with Crippen molar-refractivity contribution in [1.29, 1.82) is 0 Å². The number of hydrogen-bond acceptors (Lipinski definition) is 3. The van der Waals surface area contributed by atoms with Crippen LogP contribution in [0.4, 0.5) is 0 Å². The zero-order chi connectivity index (χ0) is 11.8. The monoisotopic (exact) mass is 223 g/mol. The van der Waals surface area contributed by atoms with E-state index in [2.05, 4.69) is 5.32 Å². The van der Waals surface area contributed by atoms with Gasteiger partial charge in [-0.1, -0.05) is 12.1 Å². The molecule has 0 aliphatic rings. The summed E-state index contributed by atoms with van der Waals surface area (Å²) in [6.07, 6.45) is 0. The van der Waals surface area contributed by atoms with Crippen molar-refractivity contribution in [3.63, 3.8) is 0 Å². The van der Waals surface area contributed by atoms with Gasteiger partial charge < -0.3 is 14.8 Å². The van der Waals surface area contributed by atoms with Gasteiger partial charge in [0.1, 0.15) is 12.4 Å². The lowest BCUT2D eigenvalue weighted by atomic mass is 10.2. The summed E-state index contributed by atoms with van der Waals surface area (Å²) in [5.74, 6) is 0.728. The standard InChI is InChI=1S/C12H17NO3/c1-3-16-11-6-4-10(5-7-11)8-13-12(14)9-15-2/h4-7H,3,8-9H2,1-2H3,(H,13,14). The van der Waals surface area contributed by atoms with Crippen molar-refractivity contribution in [1.82, 2.24) is 5.32 Å². The molecule has 1 N–H and O–H groups in total. The van der Waals surface area contributed by atoms with Crippen LogP contribution in [-0.4, -0.2) is 26.2 Å². The normalized spacial score (nSPS) is 9.88. The number of benzene rings is 1. The van der Waals surface area contributed by atoms with Gasteiger partial charge in [0.25, 0.3) is 0 Å². The molecule has 0 spiro atoms. The third-order valence-electron chi connectivity index (χ3n) is 2.00. The van der Waals surface area contributed by atoms with E-state index in [0.717, 1.165) is 11.3 Å². The third kappa shape index (κ3) is 4.31. The van der Waals surface area contributed by atoms with E-state index in [1.807, 2.05) is 31.2 Å². The smallest absolute Gasteiger partial charge is 0.246 e. The maximum absolute atomic E-state index is 11.1. The van der Waals surface area contributed by atoms with Crippen LogP contribution in [0.1, 0.15) is 12.5 Å². The Balaban J connectivity index is 2.40. The highest BCUT2D eigenvalue weighted by Gasteiger charge is 2.00. The average molecular weight is 223 g/mol. The van der Waals surface area contributed by atoms with Crippen molar-refractivity contribution < 1.29 is 14.3 Å². The molecule has 1 rings (SSSR count). The van der Waals surface area contributed by atoms with Crippen LogP contribution in [0.3, 0.4) is 0 Å². The molecule has 16 heavy (non-hydrogen) atoms. The van der Waals surface area contributed by atoms with Crippen LogP contribution in [0, 0.1) is 0 Å². The summed E-state index contributed by atoms with van der Waals surface area (Å²) in [5, 5.41) is 2.75. The quantitative estimate of drug-likeness (QED) is 0.791. The van der Waals surface area contributed by atoms with Gasteiger partial charge in [0.15, 0.2) is 0 Å². The number of amides is 1. The fourth-order valence-corrected chi connectivity index (χ4v) is 1.25. The van der Waals surface area contributed by atoms with E-state index in [0.29, 0.717) is 13.2 Å². The predicted molar refractivity (Wildman–Crippen MR) is 61.3 cm³/mol. The van der Waals surface area contributed by atoms with Gasteiger partial charge in [-0.3, -0.25) is 4.79 Å². The van der Waals surface area contributed by atoms with E-state index in [1.165, 1.54) is 7.11 Å². The molecule has 0 saturated carbocycles. The Kier molecular flexibility index (Phi) is 5.36. The van der Waals surface area contributed by atoms with Gasteiger partial charge in [-0.25, -0.2) is 0 Å². The topological polar surface area (TPSA) is 47.6 Å². The Morgan fingerprint density at radius 3 is 2.56 bits per heavy atom. The second kappa shape index (κ2) is 6.85. The second-order valence-electron chi connectivity index (χ2n) is 3.29. The van der Waals surface area contributed by atoms with Crippen molar-refractivity contribution in [2.24, 2.45) is 0 Å². The number of nitrogens with one attached hydrogen (secondary N) is 1. The number of carbonyl (C=O) groups excluding carboxylic acids is 1. The van der Waals surface area contributed by atoms with Gasteiger partial charge in [-0.05, 0) is 24.6 Å². The molecule has 4 heteroatoms. The van der Waals surface area contributed by atoms with Gasteiger partial charge >= 0.3 is 0 Å². The van der Waals surface area contributed by atoms with Crippen molar-refractivity contribution >= 4 is 5.91 Å². The Labute approximate surface area is 95.6 Å². The first-order chi connectivity index (χ1) is 7.76. The molecular formula is C12H17NO3. The van der Waals surface area contributed by atoms with Gasteiger partial charge in [0.05, 0.1) is 6.61 Å². The molecule has 1 amide bonds. The molecule has 1 aromatic rings. The highest BCUT2D eigenvalue weighted by atomic mass is 16.5. The Bertz CT molecular complexity index is 322. The number of rotatable bonds is 6. The van der Waals surface area contributed by atoms with Gasteiger partial charge in [-0.15, -0.1) is 0 Å². The van der Waals surface area contributed by atoms with Gasteiger partial charge in [0.2, 0.25) is 5.91 Å². The van der Waals surface area contributed by atoms with E-state index in [9.17, 15) is 4.79 Å². The lowest BCUT2D eigenvalue weighted by Crippen LogP contribution is -2.26. The SMILES string of the molecule is CCOc1ccc(CNC(=O)COC)cc1. The summed E-state index contributed by atoms with van der Waals surface area (Å²) in [6.45, 7) is 3.20. The average Bonchev–Trinajstić information content (AvgIpc) is 2.29. The summed E-state index contributed by atoms with van der Waals surface area (Å²) in [4.78, 5) is 11.1. The van der Waals surface area contributed by atoms with Crippen LogP contribution in [0.2, 0.25) is 0 Å². The summed E-state index contributed by atoms with van der Waals surface area (Å²) in [7, 11) is 1.50. The van der Waals surface area contributed by atoms with Crippen LogP contribution in [-0.2, 0) is 16.1 Å². The van der Waals surface area contributed by atoms with Crippen molar-refractivity contribution in [3.8, 4) is 5.75 Å². The lowest BCUT2D eigenvalue weighted by Gasteiger charge is -2.06. The highest BCUT2D eigenvalue weighted by molar-refractivity contribution is 5.77. The van der Waals surface area contributed by atoms with E-state index in [-0.39, 0.29) is 12.5 Å². The molecule has 0 aliphatic carbocycles. The van der Waals surface area contributed by atoms with Gasteiger partial charge in [-0.2, -0.15) is 0 Å². The first kappa shape index (κ1) is 12.5. The molecule has 1 aromatic carbocycles. The summed E-state index contributed by atoms with van der Waals surface area (Å²) < 4.78 is 10.0. The fraction of sp³-hybridized carbons (Fsp3) is 0.417. The molecule has 0 heterocycles. The van der Waals surface area contributed by atoms with E-state index in [1.54, 1.807) is 0 Å². The van der Waals surface area contributed by atoms with E-state index in [4.69, 9.17) is 9.47 Å². The van der Waals surface area contributed by atoms with E-state index < -0.39 is 0 Å². The zero-order valence-corrected chi connectivity index (χ0v) is 9.66. The second-order valence-corrected chi connectivity index (χ2v) is 3.29. The van der Waals surface area contributed by atoms with Crippen molar-refractivity contribution in [3.05, 3.63) is 29.8 Å². The Hall–Kier alpha value is -1.55. The minimum Gasteiger partial charge on any atom is -0.494 e. The molecule has 0 aliphatic heterocycles. The Morgan fingerprint density at radius 2 is 2.00 bits per heavy atom. The number of carbonyl (C=O) groups is 1. The fourth-order valence-electron chi connectivity index (χ4n) is 1.25. The minimum atomic E-state index is -0.114. The van der Waals surface area contributed by atoms with Crippen LogP contribution < -0.4 is 10.1 Å². The van der Waals surface area contributed by atoms with Crippen LogP contribution in [0.5, 0.6) is 5.75 Å². The molecule has 0 saturated heterocycles. The molecule has 0 bridgehead atoms. The molecule has 0 atom stereocenters. The largest absolute Gasteiger partial charge is 0.494 e. The maximum atomic E-state index is 11.1. The van der Waals surface area contributed by atoms with Crippen LogP contribution in [0.15, 0.2) is 24.3 Å². The number of ether oxygens (including phenoxy) is 2. The highest BCUT2D eigenvalue weighted by Crippen LogP contribution is 2.11. The first-order valence-electron chi connectivity index (χ1n) is 5.23. The zero-order valence-electron chi connectivity index (χ0n) is 9.66. The number of hydrogen-bond donors (Lipinski definition) is 1. The predicted octanol–water partition coefficient (Wildman–Crippen LogP) is 1.35. The molecule has 4 nitrogen and oxygen atoms in total. The molecule has 0 aromatic heterocycles. The maximum Gasteiger partial charge on any atom is 0.246 e. The van der Waals surface area contributed by atoms with Crippen molar-refractivity contribution in [2.75, 3.05) is 20.3 Å². The molecule has 0 unspecified atom stereocenters. The lowest BCUT2D eigenvalue weighted by molar-refractivity contribution is -0.124. The number of methoxy groups -OCH3 is 1. The molecule has 0 fully saturated rings. The Morgan fingerprint density at radius 1 is 1.31 bits per heavy atom. The summed E-state index contributed by atoms with van der Waals surface area (Å²) in [6, 6.07) is 7.64. The van der Waals surface area contributed by atoms with Gasteiger partial charge in [0, 0.05) is 13.7 Å². The third-order valence-corrected chi connectivity index (χ3v) is 2.00. The minimum absolute atomic E-state index is 0.0943. The van der Waals surface area contributed by atoms with Crippen molar-refractivity contribution in [2.45, 2.75) is 13.5 Å². The molecule has 88 valence electrons. The van der Waals surface area contributed by atoms with Crippen LogP contribution >= 0.6 is 0 Å². The molecule has 0 radical (unpaired) electrons. The molecular weight excluding hydrogens is 206 g/mol. The first-order valence-corrected chi connectivity index (χ1v) is 5.23. The van der Waals surface area contributed by atoms with E-state index >= 15 is 0 Å². The summed E-state index contributed by atoms with van der Waals surface area (Å²) >= 11 is 0.